The Morgan fingerprint density at radius 2 is 1.37 bits per heavy atom. The minimum absolute atomic E-state index is 0.0435. The zero-order valence-corrected chi connectivity index (χ0v) is 16.6. The third-order valence-electron chi connectivity index (χ3n) is 4.46. The van der Waals surface area contributed by atoms with E-state index < -0.39 is 0 Å². The fourth-order valence-electron chi connectivity index (χ4n) is 2.86. The van der Waals surface area contributed by atoms with E-state index >= 15 is 0 Å². The molecule has 0 saturated heterocycles. The highest BCUT2D eigenvalue weighted by Crippen LogP contribution is 2.40. The van der Waals surface area contributed by atoms with Gasteiger partial charge in [0.2, 0.25) is 11.7 Å². The molecule has 0 aliphatic carbocycles. The Hall–Kier alpha value is -2.89. The van der Waals surface area contributed by atoms with Crippen LogP contribution in [0.1, 0.15) is 26.7 Å². The van der Waals surface area contributed by atoms with Crippen molar-refractivity contribution in [2.75, 3.05) is 32.0 Å². The molecule has 0 saturated carbocycles. The maximum Gasteiger partial charge on any atom is 0.227 e. The Balaban J connectivity index is 2.13. The Bertz CT molecular complexity index is 730. The SMILES string of the molecule is CCC(CC)C(=O)Nc1ccc(Nc2cc(OC)c(OC)c(OC)c2)cc1. The van der Waals surface area contributed by atoms with E-state index in [9.17, 15) is 4.79 Å². The van der Waals surface area contributed by atoms with Gasteiger partial charge in [-0.3, -0.25) is 4.79 Å². The van der Waals surface area contributed by atoms with E-state index in [0.29, 0.717) is 17.2 Å². The van der Waals surface area contributed by atoms with Crippen LogP contribution in [0.3, 0.4) is 0 Å². The zero-order valence-electron chi connectivity index (χ0n) is 16.6. The van der Waals surface area contributed by atoms with Crippen LogP contribution in [-0.2, 0) is 4.79 Å². The van der Waals surface area contributed by atoms with Crippen LogP contribution in [0.5, 0.6) is 17.2 Å². The number of hydrogen-bond donors (Lipinski definition) is 2. The summed E-state index contributed by atoms with van der Waals surface area (Å²) in [5.74, 6) is 1.80. The highest BCUT2D eigenvalue weighted by molar-refractivity contribution is 5.92. The van der Waals surface area contributed by atoms with Gasteiger partial charge in [-0.25, -0.2) is 0 Å². The molecule has 0 aliphatic rings. The first-order chi connectivity index (χ1) is 13.1. The summed E-state index contributed by atoms with van der Waals surface area (Å²) < 4.78 is 16.1. The number of anilines is 3. The molecule has 6 nitrogen and oxygen atoms in total. The first-order valence-electron chi connectivity index (χ1n) is 9.04. The summed E-state index contributed by atoms with van der Waals surface area (Å²) in [6.07, 6.45) is 1.67. The van der Waals surface area contributed by atoms with Crippen molar-refractivity contribution in [1.82, 2.24) is 0 Å². The molecule has 0 aromatic heterocycles. The predicted molar refractivity (Wildman–Crippen MR) is 109 cm³/mol. The van der Waals surface area contributed by atoms with Crippen molar-refractivity contribution in [3.63, 3.8) is 0 Å². The summed E-state index contributed by atoms with van der Waals surface area (Å²) in [6.45, 7) is 4.05. The van der Waals surface area contributed by atoms with Crippen molar-refractivity contribution in [3.8, 4) is 17.2 Å². The van der Waals surface area contributed by atoms with Crippen molar-refractivity contribution in [2.24, 2.45) is 5.92 Å². The molecule has 0 fully saturated rings. The zero-order chi connectivity index (χ0) is 19.8. The summed E-state index contributed by atoms with van der Waals surface area (Å²) >= 11 is 0. The van der Waals surface area contributed by atoms with E-state index in [2.05, 4.69) is 10.6 Å². The first kappa shape index (κ1) is 20.4. The van der Waals surface area contributed by atoms with Gasteiger partial charge in [0.05, 0.1) is 21.3 Å². The van der Waals surface area contributed by atoms with Crippen LogP contribution < -0.4 is 24.8 Å². The third kappa shape index (κ3) is 5.06. The lowest BCUT2D eigenvalue weighted by Crippen LogP contribution is -2.21. The molecule has 0 atom stereocenters. The van der Waals surface area contributed by atoms with Crippen molar-refractivity contribution in [2.45, 2.75) is 26.7 Å². The quantitative estimate of drug-likeness (QED) is 0.660. The number of hydrogen-bond acceptors (Lipinski definition) is 5. The molecule has 2 aromatic rings. The maximum atomic E-state index is 12.2. The minimum atomic E-state index is 0.0435. The van der Waals surface area contributed by atoms with Gasteiger partial charge in [-0.15, -0.1) is 0 Å². The second-order valence-corrected chi connectivity index (χ2v) is 6.12. The number of benzene rings is 2. The van der Waals surface area contributed by atoms with E-state index in [4.69, 9.17) is 14.2 Å². The molecule has 0 bridgehead atoms. The highest BCUT2D eigenvalue weighted by Gasteiger charge is 2.15. The van der Waals surface area contributed by atoms with Gasteiger partial charge in [0.1, 0.15) is 0 Å². The molecule has 1 amide bonds. The second-order valence-electron chi connectivity index (χ2n) is 6.12. The molecular weight excluding hydrogens is 344 g/mol. The van der Waals surface area contributed by atoms with E-state index in [0.717, 1.165) is 29.9 Å². The van der Waals surface area contributed by atoms with Crippen molar-refractivity contribution in [3.05, 3.63) is 36.4 Å². The number of rotatable bonds is 9. The van der Waals surface area contributed by atoms with Gasteiger partial charge in [-0.2, -0.15) is 0 Å². The number of amides is 1. The van der Waals surface area contributed by atoms with E-state index in [-0.39, 0.29) is 11.8 Å². The lowest BCUT2D eigenvalue weighted by atomic mass is 10.0. The Morgan fingerprint density at radius 3 is 1.81 bits per heavy atom. The van der Waals surface area contributed by atoms with Gasteiger partial charge in [-0.1, -0.05) is 13.8 Å². The molecule has 0 heterocycles. The van der Waals surface area contributed by atoms with E-state index in [1.54, 1.807) is 21.3 Å². The summed E-state index contributed by atoms with van der Waals surface area (Å²) in [4.78, 5) is 12.2. The van der Waals surface area contributed by atoms with Crippen molar-refractivity contribution >= 4 is 23.0 Å². The smallest absolute Gasteiger partial charge is 0.227 e. The number of ether oxygens (including phenoxy) is 3. The standard InChI is InChI=1S/C21H28N2O4/c1-6-14(7-2)21(24)23-16-10-8-15(9-11-16)22-17-12-18(25-3)20(27-5)19(13-17)26-4/h8-14,22H,6-7H2,1-5H3,(H,23,24). The fourth-order valence-corrected chi connectivity index (χ4v) is 2.86. The maximum absolute atomic E-state index is 12.2. The van der Waals surface area contributed by atoms with Crippen molar-refractivity contribution < 1.29 is 19.0 Å². The van der Waals surface area contributed by atoms with Crippen molar-refractivity contribution in [1.29, 1.82) is 0 Å². The largest absolute Gasteiger partial charge is 0.493 e. The number of methoxy groups -OCH3 is 3. The molecule has 2 N–H and O–H groups in total. The van der Waals surface area contributed by atoms with E-state index in [1.807, 2.05) is 50.2 Å². The number of carbonyl (C=O) groups excluding carboxylic acids is 1. The van der Waals surface area contributed by atoms with Gasteiger partial charge >= 0.3 is 0 Å². The molecule has 0 spiro atoms. The Kier molecular flexibility index (Phi) is 7.34. The predicted octanol–water partition coefficient (Wildman–Crippen LogP) is 4.83. The van der Waals surface area contributed by atoms with Crippen LogP contribution in [0.25, 0.3) is 0 Å². The molecule has 6 heteroatoms. The van der Waals surface area contributed by atoms with Gasteiger partial charge in [0.15, 0.2) is 11.5 Å². The van der Waals surface area contributed by atoms with Crippen LogP contribution in [0, 0.1) is 5.92 Å². The molecule has 2 aromatic carbocycles. The van der Waals surface area contributed by atoms with Gasteiger partial charge in [0.25, 0.3) is 0 Å². The van der Waals surface area contributed by atoms with Gasteiger partial charge in [0, 0.05) is 35.1 Å². The lowest BCUT2D eigenvalue weighted by Gasteiger charge is -2.16. The Labute approximate surface area is 160 Å². The summed E-state index contributed by atoms with van der Waals surface area (Å²) in [5, 5.41) is 6.27. The normalized spacial score (nSPS) is 10.4. The number of nitrogens with one attached hydrogen (secondary N) is 2. The fraction of sp³-hybridized carbons (Fsp3) is 0.381. The summed E-state index contributed by atoms with van der Waals surface area (Å²) in [7, 11) is 4.74. The first-order valence-corrected chi connectivity index (χ1v) is 9.04. The number of carbonyl (C=O) groups is 1. The molecule has 0 radical (unpaired) electrons. The highest BCUT2D eigenvalue weighted by atomic mass is 16.5. The second kappa shape index (κ2) is 9.71. The molecular formula is C21H28N2O4. The van der Waals surface area contributed by atoms with Crippen LogP contribution >= 0.6 is 0 Å². The summed E-state index contributed by atoms with van der Waals surface area (Å²) in [6, 6.07) is 11.2. The monoisotopic (exact) mass is 372 g/mol. The Morgan fingerprint density at radius 1 is 0.852 bits per heavy atom. The molecule has 146 valence electrons. The topological polar surface area (TPSA) is 68.8 Å². The van der Waals surface area contributed by atoms with Crippen LogP contribution in [0.2, 0.25) is 0 Å². The van der Waals surface area contributed by atoms with Crippen LogP contribution in [0.4, 0.5) is 17.1 Å². The molecule has 2 rings (SSSR count). The molecule has 27 heavy (non-hydrogen) atoms. The third-order valence-corrected chi connectivity index (χ3v) is 4.46. The average molecular weight is 372 g/mol. The average Bonchev–Trinajstić information content (AvgIpc) is 2.69. The van der Waals surface area contributed by atoms with E-state index in [1.165, 1.54) is 0 Å². The molecule has 0 aliphatic heterocycles. The minimum Gasteiger partial charge on any atom is -0.493 e. The molecule has 0 unspecified atom stereocenters. The summed E-state index contributed by atoms with van der Waals surface area (Å²) in [5.41, 5.74) is 2.46. The van der Waals surface area contributed by atoms with Crippen LogP contribution in [0.15, 0.2) is 36.4 Å². The van der Waals surface area contributed by atoms with Gasteiger partial charge < -0.3 is 24.8 Å². The lowest BCUT2D eigenvalue weighted by molar-refractivity contribution is -0.120. The van der Waals surface area contributed by atoms with Gasteiger partial charge in [-0.05, 0) is 37.1 Å². The van der Waals surface area contributed by atoms with Crippen LogP contribution in [-0.4, -0.2) is 27.2 Å².